The molecule has 0 fully saturated rings. The van der Waals surface area contributed by atoms with Crippen molar-refractivity contribution in [3.8, 4) is 0 Å². The number of benzene rings is 2. The second kappa shape index (κ2) is 7.27. The zero-order valence-corrected chi connectivity index (χ0v) is 14.0. The van der Waals surface area contributed by atoms with Crippen LogP contribution in [0.5, 0.6) is 0 Å². The van der Waals surface area contributed by atoms with Gasteiger partial charge >= 0.3 is 0 Å². The lowest BCUT2D eigenvalue weighted by molar-refractivity contribution is 0.102. The number of aryl methyl sites for hydroxylation is 1. The van der Waals surface area contributed by atoms with E-state index in [1.165, 1.54) is 30.6 Å². The summed E-state index contributed by atoms with van der Waals surface area (Å²) >= 11 is 5.73. The first-order valence-electron chi connectivity index (χ1n) is 7.43. The van der Waals surface area contributed by atoms with E-state index in [0.29, 0.717) is 17.2 Å². The Morgan fingerprint density at radius 2 is 1.92 bits per heavy atom. The van der Waals surface area contributed by atoms with Crippen LogP contribution >= 0.6 is 11.6 Å². The summed E-state index contributed by atoms with van der Waals surface area (Å²) in [6.07, 6.45) is 2.78. The van der Waals surface area contributed by atoms with Crippen LogP contribution < -0.4 is 10.6 Å². The van der Waals surface area contributed by atoms with E-state index in [1.54, 1.807) is 6.07 Å². The van der Waals surface area contributed by atoms with E-state index >= 15 is 0 Å². The third-order valence-electron chi connectivity index (χ3n) is 3.35. The maximum atomic E-state index is 13.2. The van der Waals surface area contributed by atoms with Crippen LogP contribution in [0.15, 0.2) is 54.9 Å². The molecule has 1 amide bonds. The molecule has 0 aliphatic carbocycles. The molecule has 0 unspecified atom stereocenters. The van der Waals surface area contributed by atoms with Crippen LogP contribution in [0.3, 0.4) is 0 Å². The quantitative estimate of drug-likeness (QED) is 0.718. The molecule has 0 aliphatic rings. The lowest BCUT2D eigenvalue weighted by Gasteiger charge is -2.08. The second-order valence-electron chi connectivity index (χ2n) is 5.36. The molecule has 0 spiro atoms. The molecule has 0 saturated heterocycles. The number of halogens is 2. The molecule has 0 atom stereocenters. The summed E-state index contributed by atoms with van der Waals surface area (Å²) in [5.74, 6) is -0.439. The summed E-state index contributed by atoms with van der Waals surface area (Å²) in [5, 5.41) is 5.71. The van der Waals surface area contributed by atoms with E-state index in [4.69, 9.17) is 11.6 Å². The van der Waals surface area contributed by atoms with Crippen molar-refractivity contribution in [3.05, 3.63) is 77.0 Å². The van der Waals surface area contributed by atoms with E-state index < -0.39 is 5.82 Å². The molecule has 3 aromatic rings. The maximum Gasteiger partial charge on any atom is 0.275 e. The fourth-order valence-corrected chi connectivity index (χ4v) is 2.33. The molecule has 5 nitrogen and oxygen atoms in total. The monoisotopic (exact) mass is 356 g/mol. The molecule has 1 heterocycles. The first-order valence-corrected chi connectivity index (χ1v) is 7.81. The van der Waals surface area contributed by atoms with Gasteiger partial charge in [0.2, 0.25) is 0 Å². The van der Waals surface area contributed by atoms with Gasteiger partial charge in [-0.25, -0.2) is 14.4 Å². The average Bonchev–Trinajstić information content (AvgIpc) is 2.59. The lowest BCUT2D eigenvalue weighted by Crippen LogP contribution is -2.14. The predicted molar refractivity (Wildman–Crippen MR) is 95.9 cm³/mol. The van der Waals surface area contributed by atoms with E-state index in [9.17, 15) is 9.18 Å². The van der Waals surface area contributed by atoms with E-state index in [2.05, 4.69) is 20.6 Å². The molecule has 0 radical (unpaired) electrons. The van der Waals surface area contributed by atoms with Crippen LogP contribution in [0, 0.1) is 12.7 Å². The van der Waals surface area contributed by atoms with Crippen LogP contribution in [-0.2, 0) is 0 Å². The number of nitrogens with zero attached hydrogens (tertiary/aromatic N) is 2. The van der Waals surface area contributed by atoms with Crippen LogP contribution in [0.25, 0.3) is 0 Å². The van der Waals surface area contributed by atoms with Crippen molar-refractivity contribution in [1.82, 2.24) is 9.97 Å². The number of hydrogen-bond donors (Lipinski definition) is 2. The molecular formula is C18H14ClFN4O. The Bertz CT molecular complexity index is 915. The minimum Gasteiger partial charge on any atom is -0.339 e. The Balaban J connectivity index is 1.69. The molecule has 126 valence electrons. The second-order valence-corrected chi connectivity index (χ2v) is 5.77. The van der Waals surface area contributed by atoms with Crippen molar-refractivity contribution in [3.63, 3.8) is 0 Å². The summed E-state index contributed by atoms with van der Waals surface area (Å²) < 4.78 is 13.2. The Morgan fingerprint density at radius 1 is 1.08 bits per heavy atom. The fourth-order valence-electron chi connectivity index (χ4n) is 2.15. The molecule has 2 N–H and O–H groups in total. The molecule has 1 aromatic heterocycles. The first kappa shape index (κ1) is 16.9. The summed E-state index contributed by atoms with van der Waals surface area (Å²) in [7, 11) is 0. The number of hydrogen-bond acceptors (Lipinski definition) is 4. The molecule has 2 aromatic carbocycles. The minimum absolute atomic E-state index is 0.00658. The molecule has 0 saturated carbocycles. The smallest absolute Gasteiger partial charge is 0.275 e. The minimum atomic E-state index is -0.499. The van der Waals surface area contributed by atoms with Gasteiger partial charge in [-0.05, 0) is 42.8 Å². The fraction of sp³-hybridized carbons (Fsp3) is 0.0556. The van der Waals surface area contributed by atoms with Crippen molar-refractivity contribution < 1.29 is 9.18 Å². The summed E-state index contributed by atoms with van der Waals surface area (Å²) in [6.45, 7) is 1.94. The highest BCUT2D eigenvalue weighted by Gasteiger charge is 2.09. The average molecular weight is 357 g/mol. The SMILES string of the molecule is Cc1cccc(NC(=O)c2cnc(Nc3ccc(F)c(Cl)c3)cn2)c1. The summed E-state index contributed by atoms with van der Waals surface area (Å²) in [4.78, 5) is 20.4. The molecule has 3 rings (SSSR count). The van der Waals surface area contributed by atoms with Gasteiger partial charge in [-0.1, -0.05) is 23.7 Å². The Morgan fingerprint density at radius 3 is 2.60 bits per heavy atom. The predicted octanol–water partition coefficient (Wildman–Crippen LogP) is 4.57. The van der Waals surface area contributed by atoms with Gasteiger partial charge in [-0.15, -0.1) is 0 Å². The number of amides is 1. The molecule has 0 aliphatic heterocycles. The van der Waals surface area contributed by atoms with Crippen molar-refractivity contribution in [2.24, 2.45) is 0 Å². The lowest BCUT2D eigenvalue weighted by atomic mass is 10.2. The summed E-state index contributed by atoms with van der Waals surface area (Å²) in [5.41, 5.74) is 2.48. The normalized spacial score (nSPS) is 10.4. The van der Waals surface area contributed by atoms with Gasteiger partial charge < -0.3 is 10.6 Å². The van der Waals surface area contributed by atoms with E-state index in [0.717, 1.165) is 5.56 Å². The van der Waals surface area contributed by atoms with Crippen LogP contribution in [0.2, 0.25) is 5.02 Å². The number of nitrogens with one attached hydrogen (secondary N) is 2. The van der Waals surface area contributed by atoms with Gasteiger partial charge in [0.1, 0.15) is 17.3 Å². The van der Waals surface area contributed by atoms with E-state index in [-0.39, 0.29) is 16.6 Å². The zero-order valence-electron chi connectivity index (χ0n) is 13.3. The van der Waals surface area contributed by atoms with Crippen molar-refractivity contribution in [2.75, 3.05) is 10.6 Å². The van der Waals surface area contributed by atoms with Crippen LogP contribution in [0.1, 0.15) is 16.1 Å². The van der Waals surface area contributed by atoms with Gasteiger partial charge in [-0.2, -0.15) is 0 Å². The standard InChI is InChI=1S/C18H14ClFN4O/c1-11-3-2-4-12(7-11)24-18(25)16-9-22-17(10-21-16)23-13-5-6-15(20)14(19)8-13/h2-10H,1H3,(H,22,23)(H,24,25). The van der Waals surface area contributed by atoms with Gasteiger partial charge in [-0.3, -0.25) is 4.79 Å². The molecule has 0 bridgehead atoms. The van der Waals surface area contributed by atoms with Gasteiger partial charge in [0.25, 0.3) is 5.91 Å². The van der Waals surface area contributed by atoms with Crippen molar-refractivity contribution >= 4 is 34.7 Å². The molecular weight excluding hydrogens is 343 g/mol. The van der Waals surface area contributed by atoms with Crippen molar-refractivity contribution in [2.45, 2.75) is 6.92 Å². The number of anilines is 3. The highest BCUT2D eigenvalue weighted by atomic mass is 35.5. The Labute approximate surface area is 148 Å². The van der Waals surface area contributed by atoms with Crippen LogP contribution in [-0.4, -0.2) is 15.9 Å². The zero-order chi connectivity index (χ0) is 17.8. The molecule has 25 heavy (non-hydrogen) atoms. The number of carbonyl (C=O) groups excluding carboxylic acids is 1. The Hall–Kier alpha value is -2.99. The van der Waals surface area contributed by atoms with Gasteiger partial charge in [0.05, 0.1) is 17.4 Å². The number of aromatic nitrogens is 2. The summed E-state index contributed by atoms with van der Waals surface area (Å²) in [6, 6.07) is 11.7. The highest BCUT2D eigenvalue weighted by Crippen LogP contribution is 2.21. The largest absolute Gasteiger partial charge is 0.339 e. The van der Waals surface area contributed by atoms with Crippen LogP contribution in [0.4, 0.5) is 21.6 Å². The maximum absolute atomic E-state index is 13.2. The van der Waals surface area contributed by atoms with Crippen molar-refractivity contribution in [1.29, 1.82) is 0 Å². The first-order chi connectivity index (χ1) is 12.0. The Kier molecular flexibility index (Phi) is 4.90. The van der Waals surface area contributed by atoms with Gasteiger partial charge in [0, 0.05) is 11.4 Å². The molecule has 7 heteroatoms. The number of carbonyl (C=O) groups is 1. The third-order valence-corrected chi connectivity index (χ3v) is 3.64. The van der Waals surface area contributed by atoms with Gasteiger partial charge in [0.15, 0.2) is 0 Å². The highest BCUT2D eigenvalue weighted by molar-refractivity contribution is 6.31. The number of rotatable bonds is 4. The van der Waals surface area contributed by atoms with E-state index in [1.807, 2.05) is 25.1 Å². The third kappa shape index (κ3) is 4.30. The topological polar surface area (TPSA) is 66.9 Å².